The molecule has 0 aromatic heterocycles. The molecule has 0 saturated carbocycles. The molecule has 8 heteroatoms. The predicted octanol–water partition coefficient (Wildman–Crippen LogP) is 3.60. The fourth-order valence-electron chi connectivity index (χ4n) is 2.82. The summed E-state index contributed by atoms with van der Waals surface area (Å²) in [5, 5.41) is 1.57. The standard InChI is InChI=1S/C16H26NO6P/c1-6-21-24(18,22-7-2)16-11-15(23-17(16)3)13-9-8-12(19-4)10-14(13)20-5/h8-10,15-16H,6-7,11H2,1-5H3/t15-,16+/m1/s1. The molecule has 1 fully saturated rings. The Hall–Kier alpha value is -1.11. The number of methoxy groups -OCH3 is 2. The third kappa shape index (κ3) is 3.92. The van der Waals surface area contributed by atoms with Gasteiger partial charge in [-0.3, -0.25) is 9.40 Å². The number of nitrogens with zero attached hydrogens (tertiary/aromatic N) is 1. The van der Waals surface area contributed by atoms with Gasteiger partial charge < -0.3 is 18.5 Å². The zero-order valence-electron chi connectivity index (χ0n) is 14.9. The Kier molecular flexibility index (Phi) is 6.66. The molecule has 0 bridgehead atoms. The van der Waals surface area contributed by atoms with Gasteiger partial charge in [-0.25, -0.2) is 0 Å². The average molecular weight is 359 g/mol. The molecule has 1 aromatic carbocycles. The molecule has 0 amide bonds. The lowest BCUT2D eigenvalue weighted by molar-refractivity contribution is -0.137. The Bertz CT molecular complexity index is 586. The van der Waals surface area contributed by atoms with E-state index >= 15 is 0 Å². The summed E-state index contributed by atoms with van der Waals surface area (Å²) < 4.78 is 34.6. The van der Waals surface area contributed by atoms with Crippen molar-refractivity contribution in [3.05, 3.63) is 23.8 Å². The van der Waals surface area contributed by atoms with Crippen molar-refractivity contribution in [2.45, 2.75) is 32.2 Å². The molecule has 0 N–H and O–H groups in total. The number of rotatable bonds is 8. The summed E-state index contributed by atoms with van der Waals surface area (Å²) in [6, 6.07) is 5.54. The average Bonchev–Trinajstić information content (AvgIpc) is 2.97. The fraction of sp³-hybridized carbons (Fsp3) is 0.625. The van der Waals surface area contributed by atoms with E-state index in [4.69, 9.17) is 23.4 Å². The highest BCUT2D eigenvalue weighted by Crippen LogP contribution is 2.59. The molecule has 0 radical (unpaired) electrons. The van der Waals surface area contributed by atoms with E-state index in [1.165, 1.54) is 0 Å². The highest BCUT2D eigenvalue weighted by Gasteiger charge is 2.46. The van der Waals surface area contributed by atoms with Gasteiger partial charge in [-0.15, -0.1) is 0 Å². The number of hydrogen-bond acceptors (Lipinski definition) is 7. The maximum absolute atomic E-state index is 13.0. The van der Waals surface area contributed by atoms with Crippen molar-refractivity contribution in [3.63, 3.8) is 0 Å². The lowest BCUT2D eigenvalue weighted by Crippen LogP contribution is -2.25. The lowest BCUT2D eigenvalue weighted by atomic mass is 10.1. The smallest absolute Gasteiger partial charge is 0.350 e. The van der Waals surface area contributed by atoms with Crippen LogP contribution in [-0.4, -0.2) is 45.3 Å². The van der Waals surface area contributed by atoms with Crippen LogP contribution in [0.4, 0.5) is 0 Å². The first-order valence-electron chi connectivity index (χ1n) is 7.99. The van der Waals surface area contributed by atoms with Crippen LogP contribution < -0.4 is 9.47 Å². The summed E-state index contributed by atoms with van der Waals surface area (Å²) in [7, 11) is 1.66. The Morgan fingerprint density at radius 1 is 1.21 bits per heavy atom. The molecule has 2 rings (SSSR count). The van der Waals surface area contributed by atoms with Gasteiger partial charge >= 0.3 is 7.60 Å². The number of ether oxygens (including phenoxy) is 2. The van der Waals surface area contributed by atoms with E-state index in [2.05, 4.69) is 0 Å². The summed E-state index contributed by atoms with van der Waals surface area (Å²) in [4.78, 5) is 5.90. The quantitative estimate of drug-likeness (QED) is 0.657. The van der Waals surface area contributed by atoms with E-state index in [1.807, 2.05) is 12.1 Å². The van der Waals surface area contributed by atoms with E-state index in [1.54, 1.807) is 46.2 Å². The Morgan fingerprint density at radius 2 is 1.88 bits per heavy atom. The molecule has 1 aromatic rings. The first-order valence-corrected chi connectivity index (χ1v) is 9.60. The van der Waals surface area contributed by atoms with Gasteiger partial charge in [0.1, 0.15) is 23.4 Å². The van der Waals surface area contributed by atoms with Crippen LogP contribution in [0.2, 0.25) is 0 Å². The third-order valence-electron chi connectivity index (χ3n) is 3.91. The molecule has 0 aliphatic carbocycles. The van der Waals surface area contributed by atoms with Crippen LogP contribution in [0.15, 0.2) is 18.2 Å². The van der Waals surface area contributed by atoms with Crippen LogP contribution >= 0.6 is 7.60 Å². The largest absolute Gasteiger partial charge is 0.497 e. The summed E-state index contributed by atoms with van der Waals surface area (Å²) >= 11 is 0. The summed E-state index contributed by atoms with van der Waals surface area (Å²) in [5.41, 5.74) is 0.868. The second kappa shape index (κ2) is 8.32. The third-order valence-corrected chi connectivity index (χ3v) is 6.41. The molecule has 7 nitrogen and oxygen atoms in total. The van der Waals surface area contributed by atoms with Gasteiger partial charge in [-0.2, -0.15) is 5.06 Å². The fourth-order valence-corrected chi connectivity index (χ4v) is 4.86. The minimum absolute atomic E-state index is 0.296. The van der Waals surface area contributed by atoms with E-state index < -0.39 is 13.4 Å². The SMILES string of the molecule is CCOP(=O)(OCC)[C@H]1C[C@H](c2ccc(OC)cc2OC)ON1C. The van der Waals surface area contributed by atoms with E-state index in [0.29, 0.717) is 31.1 Å². The maximum Gasteiger partial charge on any atom is 0.350 e. The molecule has 1 heterocycles. The first-order chi connectivity index (χ1) is 11.5. The molecule has 2 atom stereocenters. The molecular weight excluding hydrogens is 333 g/mol. The Balaban J connectivity index is 2.26. The van der Waals surface area contributed by atoms with E-state index in [0.717, 1.165) is 5.56 Å². The van der Waals surface area contributed by atoms with E-state index in [-0.39, 0.29) is 6.10 Å². The molecule has 136 valence electrons. The second-order valence-corrected chi connectivity index (χ2v) is 7.53. The van der Waals surface area contributed by atoms with Gasteiger partial charge in [-0.1, -0.05) is 0 Å². The van der Waals surface area contributed by atoms with Crippen LogP contribution in [-0.2, 0) is 18.5 Å². The zero-order valence-corrected chi connectivity index (χ0v) is 15.7. The molecule has 0 spiro atoms. The van der Waals surface area contributed by atoms with Crippen molar-refractivity contribution in [2.24, 2.45) is 0 Å². The van der Waals surface area contributed by atoms with Gasteiger partial charge in [-0.05, 0) is 26.0 Å². The van der Waals surface area contributed by atoms with Crippen LogP contribution in [0.3, 0.4) is 0 Å². The number of hydrogen-bond donors (Lipinski definition) is 0. The minimum atomic E-state index is -3.28. The number of hydroxylamine groups is 2. The Morgan fingerprint density at radius 3 is 2.42 bits per heavy atom. The van der Waals surface area contributed by atoms with Crippen LogP contribution in [0.25, 0.3) is 0 Å². The van der Waals surface area contributed by atoms with Crippen molar-refractivity contribution >= 4 is 7.60 Å². The molecule has 0 unspecified atom stereocenters. The van der Waals surface area contributed by atoms with Crippen LogP contribution in [0.5, 0.6) is 11.5 Å². The maximum atomic E-state index is 13.0. The molecule has 1 saturated heterocycles. The summed E-state index contributed by atoms with van der Waals surface area (Å²) in [6.07, 6.45) is 0.186. The van der Waals surface area contributed by atoms with Crippen molar-refractivity contribution in [2.75, 3.05) is 34.5 Å². The first kappa shape index (κ1) is 19.2. The molecule has 1 aliphatic heterocycles. The highest BCUT2D eigenvalue weighted by molar-refractivity contribution is 7.54. The lowest BCUT2D eigenvalue weighted by Gasteiger charge is -2.25. The molecule has 24 heavy (non-hydrogen) atoms. The van der Waals surface area contributed by atoms with Gasteiger partial charge in [0.05, 0.1) is 27.4 Å². The van der Waals surface area contributed by atoms with Gasteiger partial charge in [0, 0.05) is 25.1 Å². The number of benzene rings is 1. The van der Waals surface area contributed by atoms with Gasteiger partial charge in [0.25, 0.3) is 0 Å². The summed E-state index contributed by atoms with van der Waals surface area (Å²) in [5.74, 6) is 0.901. The van der Waals surface area contributed by atoms with Crippen molar-refractivity contribution in [1.82, 2.24) is 5.06 Å². The normalized spacial score (nSPS) is 21.9. The van der Waals surface area contributed by atoms with Crippen molar-refractivity contribution in [3.8, 4) is 11.5 Å². The zero-order chi connectivity index (χ0) is 17.7. The van der Waals surface area contributed by atoms with Crippen molar-refractivity contribution < 1.29 is 27.9 Å². The monoisotopic (exact) mass is 359 g/mol. The van der Waals surface area contributed by atoms with Gasteiger partial charge in [0.2, 0.25) is 0 Å². The molecule has 1 aliphatic rings. The Labute approximate surface area is 143 Å². The van der Waals surface area contributed by atoms with Gasteiger partial charge in [0.15, 0.2) is 0 Å². The predicted molar refractivity (Wildman–Crippen MR) is 90.4 cm³/mol. The van der Waals surface area contributed by atoms with Crippen LogP contribution in [0, 0.1) is 0 Å². The van der Waals surface area contributed by atoms with Crippen LogP contribution in [0.1, 0.15) is 31.9 Å². The molecular formula is C16H26NO6P. The van der Waals surface area contributed by atoms with E-state index in [9.17, 15) is 4.57 Å². The topological polar surface area (TPSA) is 66.5 Å². The summed E-state index contributed by atoms with van der Waals surface area (Å²) in [6.45, 7) is 4.23. The second-order valence-electron chi connectivity index (χ2n) is 5.34. The van der Waals surface area contributed by atoms with Crippen molar-refractivity contribution in [1.29, 1.82) is 0 Å². The minimum Gasteiger partial charge on any atom is -0.497 e. The highest BCUT2D eigenvalue weighted by atomic mass is 31.2.